The number of anilines is 2. The second kappa shape index (κ2) is 10.1. The number of halogens is 1. The summed E-state index contributed by atoms with van der Waals surface area (Å²) in [6.07, 6.45) is 0. The highest BCUT2D eigenvalue weighted by Crippen LogP contribution is 2.27. The fourth-order valence-corrected chi connectivity index (χ4v) is 4.86. The van der Waals surface area contributed by atoms with Crippen molar-refractivity contribution in [2.75, 3.05) is 22.8 Å². The maximum Gasteiger partial charge on any atom is 0.264 e. The number of rotatable bonds is 8. The molecule has 3 aromatic rings. The molecule has 0 bridgehead atoms. The topological polar surface area (TPSA) is 75.7 Å². The minimum atomic E-state index is -3.72. The molecule has 0 unspecified atom stereocenters. The van der Waals surface area contributed by atoms with E-state index in [1.165, 1.54) is 16.4 Å². The first kappa shape index (κ1) is 23.6. The molecule has 0 fully saturated rings. The number of nitrogens with zero attached hydrogens (tertiary/aromatic N) is 1. The van der Waals surface area contributed by atoms with Gasteiger partial charge in [0, 0.05) is 17.3 Å². The summed E-state index contributed by atoms with van der Waals surface area (Å²) in [6, 6.07) is 18.4. The minimum absolute atomic E-state index is 0.143. The first-order valence-electron chi connectivity index (χ1n) is 10.1. The Hall–Kier alpha value is -3.03. The molecule has 32 heavy (non-hydrogen) atoms. The summed E-state index contributed by atoms with van der Waals surface area (Å²) in [4.78, 5) is 12.4. The average molecular weight is 473 g/mol. The maximum atomic E-state index is 13.0. The lowest BCUT2D eigenvalue weighted by Crippen LogP contribution is -2.30. The van der Waals surface area contributed by atoms with Gasteiger partial charge < -0.3 is 10.1 Å². The monoisotopic (exact) mass is 472 g/mol. The molecule has 0 aromatic heterocycles. The molecule has 0 saturated carbocycles. The second-order valence-electron chi connectivity index (χ2n) is 7.16. The van der Waals surface area contributed by atoms with E-state index in [0.29, 0.717) is 28.7 Å². The Labute approximate surface area is 193 Å². The van der Waals surface area contributed by atoms with E-state index < -0.39 is 10.0 Å². The predicted molar refractivity (Wildman–Crippen MR) is 128 cm³/mol. The van der Waals surface area contributed by atoms with Crippen LogP contribution in [0.1, 0.15) is 18.1 Å². The van der Waals surface area contributed by atoms with Gasteiger partial charge >= 0.3 is 0 Å². The Bertz CT molecular complexity index is 1200. The largest absolute Gasteiger partial charge is 0.483 e. The second-order valence-corrected chi connectivity index (χ2v) is 9.43. The summed E-state index contributed by atoms with van der Waals surface area (Å²) in [5, 5.41) is 3.35. The van der Waals surface area contributed by atoms with Crippen molar-refractivity contribution in [2.24, 2.45) is 0 Å². The highest BCUT2D eigenvalue weighted by atomic mass is 35.5. The first-order chi connectivity index (χ1) is 15.2. The molecule has 3 aromatic carbocycles. The van der Waals surface area contributed by atoms with E-state index in [9.17, 15) is 13.2 Å². The summed E-state index contributed by atoms with van der Waals surface area (Å²) in [5.41, 5.74) is 2.85. The fourth-order valence-electron chi connectivity index (χ4n) is 3.18. The van der Waals surface area contributed by atoms with Crippen LogP contribution in [0.3, 0.4) is 0 Å². The number of sulfonamides is 1. The Kier molecular flexibility index (Phi) is 7.43. The number of para-hydroxylation sites is 1. The van der Waals surface area contributed by atoms with E-state index in [4.69, 9.17) is 16.3 Å². The molecule has 0 aliphatic carbocycles. The number of benzene rings is 3. The van der Waals surface area contributed by atoms with Gasteiger partial charge in [0.25, 0.3) is 15.9 Å². The molecular formula is C24H25ClN2O4S. The van der Waals surface area contributed by atoms with E-state index in [0.717, 1.165) is 11.1 Å². The van der Waals surface area contributed by atoms with Crippen LogP contribution in [-0.4, -0.2) is 27.5 Å². The van der Waals surface area contributed by atoms with Crippen molar-refractivity contribution in [2.45, 2.75) is 25.7 Å². The quantitative estimate of drug-likeness (QED) is 0.489. The van der Waals surface area contributed by atoms with Crippen molar-refractivity contribution in [3.8, 4) is 5.75 Å². The summed E-state index contributed by atoms with van der Waals surface area (Å²) < 4.78 is 33.0. The molecule has 8 heteroatoms. The molecule has 0 aliphatic rings. The van der Waals surface area contributed by atoms with Crippen LogP contribution < -0.4 is 14.4 Å². The molecule has 0 spiro atoms. The molecule has 0 radical (unpaired) electrons. The summed E-state index contributed by atoms with van der Waals surface area (Å²) in [5.74, 6) is 0.233. The smallest absolute Gasteiger partial charge is 0.264 e. The van der Waals surface area contributed by atoms with Crippen LogP contribution in [-0.2, 0) is 14.8 Å². The summed E-state index contributed by atoms with van der Waals surface area (Å²) in [7, 11) is -3.72. The number of hydrogen-bond acceptors (Lipinski definition) is 4. The van der Waals surface area contributed by atoms with Crippen molar-refractivity contribution in [3.63, 3.8) is 0 Å². The van der Waals surface area contributed by atoms with E-state index in [1.54, 1.807) is 55.5 Å². The summed E-state index contributed by atoms with van der Waals surface area (Å²) >= 11 is 6.08. The van der Waals surface area contributed by atoms with Crippen LogP contribution in [0, 0.1) is 13.8 Å². The van der Waals surface area contributed by atoms with E-state index >= 15 is 0 Å². The van der Waals surface area contributed by atoms with E-state index in [-0.39, 0.29) is 17.4 Å². The van der Waals surface area contributed by atoms with Gasteiger partial charge in [-0.1, -0.05) is 29.8 Å². The van der Waals surface area contributed by atoms with Gasteiger partial charge in [0.1, 0.15) is 5.75 Å². The maximum absolute atomic E-state index is 13.0. The third-order valence-corrected chi connectivity index (χ3v) is 7.41. The predicted octanol–water partition coefficient (Wildman–Crippen LogP) is 5.19. The molecule has 1 amide bonds. The molecule has 3 rings (SSSR count). The van der Waals surface area contributed by atoms with Gasteiger partial charge in [-0.15, -0.1) is 0 Å². The molecule has 0 saturated heterocycles. The molecule has 6 nitrogen and oxygen atoms in total. The van der Waals surface area contributed by atoms with Gasteiger partial charge in [-0.3, -0.25) is 9.10 Å². The zero-order chi connectivity index (χ0) is 23.3. The van der Waals surface area contributed by atoms with Gasteiger partial charge in [-0.05, 0) is 80.4 Å². The van der Waals surface area contributed by atoms with Crippen LogP contribution in [0.2, 0.25) is 5.02 Å². The van der Waals surface area contributed by atoms with Crippen LogP contribution in [0.25, 0.3) is 0 Å². The lowest BCUT2D eigenvalue weighted by Gasteiger charge is -2.23. The standard InChI is InChI=1S/C24H25ClN2O4S/c1-4-27(20-8-6-5-7-9-20)32(29,30)21-12-10-19(11-13-21)26-24(28)16-31-23-15-14-22(25)17(2)18(23)3/h5-15H,4,16H2,1-3H3,(H,26,28). The van der Waals surface area contributed by atoms with Gasteiger partial charge in [-0.2, -0.15) is 0 Å². The van der Waals surface area contributed by atoms with Gasteiger partial charge in [0.05, 0.1) is 10.6 Å². The van der Waals surface area contributed by atoms with E-state index in [2.05, 4.69) is 5.32 Å². The van der Waals surface area contributed by atoms with Crippen molar-refractivity contribution in [1.82, 2.24) is 0 Å². The van der Waals surface area contributed by atoms with E-state index in [1.807, 2.05) is 19.9 Å². The lowest BCUT2D eigenvalue weighted by molar-refractivity contribution is -0.118. The summed E-state index contributed by atoms with van der Waals surface area (Å²) in [6.45, 7) is 5.66. The number of carbonyl (C=O) groups excluding carboxylic acids is 1. The molecular weight excluding hydrogens is 448 g/mol. The molecule has 0 aliphatic heterocycles. The van der Waals surface area contributed by atoms with Crippen molar-refractivity contribution < 1.29 is 17.9 Å². The fraction of sp³-hybridized carbons (Fsp3) is 0.208. The Balaban J connectivity index is 1.66. The molecule has 0 atom stereocenters. The number of amides is 1. The normalized spacial score (nSPS) is 11.1. The number of hydrogen-bond donors (Lipinski definition) is 1. The Morgan fingerprint density at radius 3 is 2.25 bits per heavy atom. The lowest BCUT2D eigenvalue weighted by atomic mass is 10.1. The molecule has 1 N–H and O–H groups in total. The zero-order valence-corrected chi connectivity index (χ0v) is 19.7. The van der Waals surface area contributed by atoms with Gasteiger partial charge in [-0.25, -0.2) is 8.42 Å². The highest BCUT2D eigenvalue weighted by molar-refractivity contribution is 7.92. The highest BCUT2D eigenvalue weighted by Gasteiger charge is 2.23. The van der Waals surface area contributed by atoms with Crippen LogP contribution in [0.5, 0.6) is 5.75 Å². The van der Waals surface area contributed by atoms with Crippen molar-refractivity contribution in [3.05, 3.63) is 82.9 Å². The molecule has 168 valence electrons. The average Bonchev–Trinajstić information content (AvgIpc) is 2.78. The Morgan fingerprint density at radius 1 is 0.969 bits per heavy atom. The van der Waals surface area contributed by atoms with Gasteiger partial charge in [0.2, 0.25) is 0 Å². The number of nitrogens with one attached hydrogen (secondary N) is 1. The third-order valence-electron chi connectivity index (χ3n) is 5.09. The van der Waals surface area contributed by atoms with Crippen molar-refractivity contribution in [1.29, 1.82) is 0 Å². The van der Waals surface area contributed by atoms with Crippen LogP contribution >= 0.6 is 11.6 Å². The minimum Gasteiger partial charge on any atom is -0.483 e. The van der Waals surface area contributed by atoms with Crippen molar-refractivity contribution >= 4 is 38.9 Å². The Morgan fingerprint density at radius 2 is 1.62 bits per heavy atom. The van der Waals surface area contributed by atoms with Crippen LogP contribution in [0.15, 0.2) is 71.6 Å². The first-order valence-corrected chi connectivity index (χ1v) is 11.9. The zero-order valence-electron chi connectivity index (χ0n) is 18.1. The number of ether oxygens (including phenoxy) is 1. The number of carbonyl (C=O) groups is 1. The third kappa shape index (κ3) is 5.23. The molecule has 0 heterocycles. The van der Waals surface area contributed by atoms with Crippen LogP contribution in [0.4, 0.5) is 11.4 Å². The van der Waals surface area contributed by atoms with Gasteiger partial charge in [0.15, 0.2) is 6.61 Å². The SMILES string of the molecule is CCN(c1ccccc1)S(=O)(=O)c1ccc(NC(=O)COc2ccc(Cl)c(C)c2C)cc1.